The fourth-order valence-electron chi connectivity index (χ4n) is 5.66. The largest absolute Gasteiger partial charge is 0.462 e. The van der Waals surface area contributed by atoms with Gasteiger partial charge in [-0.3, -0.25) is 14.4 Å². The lowest BCUT2D eigenvalue weighted by Crippen LogP contribution is -2.30. The molecule has 0 aromatic carbocycles. The van der Waals surface area contributed by atoms with E-state index < -0.39 is 12.1 Å². The summed E-state index contributed by atoms with van der Waals surface area (Å²) in [7, 11) is 0. The third-order valence-electron chi connectivity index (χ3n) is 9.07. The van der Waals surface area contributed by atoms with Crippen molar-refractivity contribution in [2.45, 2.75) is 175 Å². The van der Waals surface area contributed by atoms with Crippen LogP contribution in [0.1, 0.15) is 168 Å². The maximum Gasteiger partial charge on any atom is 0.306 e. The second-order valence-electron chi connectivity index (χ2n) is 14.7. The first-order chi connectivity index (χ1) is 29.5. The van der Waals surface area contributed by atoms with Crippen molar-refractivity contribution in [2.24, 2.45) is 0 Å². The topological polar surface area (TPSA) is 78.9 Å². The Bertz CT molecular complexity index is 1370. The molecule has 0 aliphatic heterocycles. The molecule has 0 saturated carbocycles. The van der Waals surface area contributed by atoms with Crippen LogP contribution in [0.5, 0.6) is 0 Å². The molecule has 0 amide bonds. The third kappa shape index (κ3) is 44.6. The first kappa shape index (κ1) is 55.5. The maximum atomic E-state index is 12.7. The molecule has 0 heterocycles. The second kappa shape index (κ2) is 47.2. The van der Waals surface area contributed by atoms with Gasteiger partial charge in [0, 0.05) is 19.3 Å². The Balaban J connectivity index is 4.57. The highest BCUT2D eigenvalue weighted by molar-refractivity contribution is 5.71. The number of hydrogen-bond donors (Lipinski definition) is 0. The number of carbonyl (C=O) groups is 3. The van der Waals surface area contributed by atoms with Gasteiger partial charge in [-0.25, -0.2) is 0 Å². The summed E-state index contributed by atoms with van der Waals surface area (Å²) in [5.74, 6) is -1.05. The second-order valence-corrected chi connectivity index (χ2v) is 14.7. The number of hydrogen-bond acceptors (Lipinski definition) is 6. The zero-order chi connectivity index (χ0) is 43.7. The van der Waals surface area contributed by atoms with Crippen LogP contribution in [-0.4, -0.2) is 37.2 Å². The van der Waals surface area contributed by atoms with Gasteiger partial charge in [0.05, 0.1) is 0 Å². The number of carbonyl (C=O) groups excluding carboxylic acids is 3. The molecule has 0 N–H and O–H groups in total. The molecule has 0 fully saturated rings. The Hall–Kier alpha value is -4.45. The van der Waals surface area contributed by atoms with Crippen LogP contribution in [0, 0.1) is 0 Å². The van der Waals surface area contributed by atoms with Crippen LogP contribution in [-0.2, 0) is 28.6 Å². The van der Waals surface area contributed by atoms with Crippen molar-refractivity contribution in [1.82, 2.24) is 0 Å². The van der Waals surface area contributed by atoms with E-state index in [0.29, 0.717) is 19.3 Å². The summed E-state index contributed by atoms with van der Waals surface area (Å²) >= 11 is 0. The Morgan fingerprint density at radius 2 is 0.700 bits per heavy atom. The highest BCUT2D eigenvalue weighted by atomic mass is 16.6. The van der Waals surface area contributed by atoms with Crippen molar-refractivity contribution >= 4 is 17.9 Å². The molecule has 0 aromatic rings. The zero-order valence-corrected chi connectivity index (χ0v) is 37.9. The van der Waals surface area contributed by atoms with E-state index in [9.17, 15) is 14.4 Å². The molecule has 0 spiro atoms. The molecule has 1 unspecified atom stereocenters. The molecule has 0 bridgehead atoms. The fraction of sp³-hybridized carbons (Fsp3) is 0.537. The first-order valence-electron chi connectivity index (χ1n) is 23.3. The van der Waals surface area contributed by atoms with Crippen LogP contribution in [0.3, 0.4) is 0 Å². The van der Waals surface area contributed by atoms with Gasteiger partial charge in [0.2, 0.25) is 0 Å². The van der Waals surface area contributed by atoms with Gasteiger partial charge in [-0.1, -0.05) is 199 Å². The van der Waals surface area contributed by atoms with Gasteiger partial charge >= 0.3 is 17.9 Å². The number of esters is 3. The summed E-state index contributed by atoms with van der Waals surface area (Å²) in [5, 5.41) is 0. The van der Waals surface area contributed by atoms with Crippen LogP contribution < -0.4 is 0 Å². The average molecular weight is 827 g/mol. The van der Waals surface area contributed by atoms with Crippen molar-refractivity contribution in [3.05, 3.63) is 134 Å². The average Bonchev–Trinajstić information content (AvgIpc) is 3.24. The molecule has 1 atom stereocenters. The summed E-state index contributed by atoms with van der Waals surface area (Å²) in [6, 6.07) is 0. The smallest absolute Gasteiger partial charge is 0.306 e. The Morgan fingerprint density at radius 1 is 0.350 bits per heavy atom. The van der Waals surface area contributed by atoms with Crippen molar-refractivity contribution in [2.75, 3.05) is 13.2 Å². The van der Waals surface area contributed by atoms with Gasteiger partial charge in [0.1, 0.15) is 13.2 Å². The zero-order valence-electron chi connectivity index (χ0n) is 37.9. The normalized spacial score (nSPS) is 13.3. The lowest BCUT2D eigenvalue weighted by Gasteiger charge is -2.18. The van der Waals surface area contributed by atoms with Crippen LogP contribution in [0.25, 0.3) is 0 Å². The van der Waals surface area contributed by atoms with E-state index in [2.05, 4.69) is 93.7 Å². The molecule has 60 heavy (non-hydrogen) atoms. The SMILES string of the molecule is CC\C=C/C=C\C=C/C=C\C=C/CCCC(=O)OC(COC(=O)CCCCCCC\C=C/C=C\C=C/CC)COC(=O)CCCCCCCC/C=C\C/C=C\C/C=C\CC. The summed E-state index contributed by atoms with van der Waals surface area (Å²) in [6.07, 6.45) is 65.8. The molecule has 0 rings (SSSR count). The van der Waals surface area contributed by atoms with Crippen LogP contribution in [0.15, 0.2) is 134 Å². The van der Waals surface area contributed by atoms with E-state index in [4.69, 9.17) is 14.2 Å². The van der Waals surface area contributed by atoms with E-state index >= 15 is 0 Å². The van der Waals surface area contributed by atoms with E-state index in [0.717, 1.165) is 109 Å². The van der Waals surface area contributed by atoms with E-state index in [-0.39, 0.29) is 31.6 Å². The number of ether oxygens (including phenoxy) is 3. The van der Waals surface area contributed by atoms with Crippen LogP contribution in [0.4, 0.5) is 0 Å². The molecule has 6 heteroatoms. The molecule has 0 aliphatic carbocycles. The predicted octanol–water partition coefficient (Wildman–Crippen LogP) is 15.1. The van der Waals surface area contributed by atoms with E-state index in [1.54, 1.807) is 0 Å². The Labute approximate surface area is 366 Å². The van der Waals surface area contributed by atoms with Gasteiger partial charge in [0.15, 0.2) is 6.10 Å². The lowest BCUT2D eigenvalue weighted by molar-refractivity contribution is -0.167. The number of rotatable bonds is 39. The Morgan fingerprint density at radius 3 is 1.18 bits per heavy atom. The third-order valence-corrected chi connectivity index (χ3v) is 9.07. The molecular weight excluding hydrogens is 745 g/mol. The van der Waals surface area contributed by atoms with Crippen molar-refractivity contribution in [3.63, 3.8) is 0 Å². The van der Waals surface area contributed by atoms with Gasteiger partial charge in [-0.05, 0) is 83.5 Å². The fourth-order valence-corrected chi connectivity index (χ4v) is 5.66. The minimum absolute atomic E-state index is 0.126. The number of unbranched alkanes of at least 4 members (excludes halogenated alkanes) is 12. The molecule has 0 aliphatic rings. The van der Waals surface area contributed by atoms with Gasteiger partial charge < -0.3 is 14.2 Å². The maximum absolute atomic E-state index is 12.7. The van der Waals surface area contributed by atoms with Crippen molar-refractivity contribution in [3.8, 4) is 0 Å². The van der Waals surface area contributed by atoms with Gasteiger partial charge in [0.25, 0.3) is 0 Å². The minimum atomic E-state index is -0.833. The highest BCUT2D eigenvalue weighted by Gasteiger charge is 2.19. The quantitative estimate of drug-likeness (QED) is 0.0202. The van der Waals surface area contributed by atoms with E-state index in [1.807, 2.05) is 60.8 Å². The number of allylic oxidation sites excluding steroid dienone is 22. The molecule has 334 valence electrons. The molecular formula is C54H82O6. The predicted molar refractivity (Wildman–Crippen MR) is 256 cm³/mol. The summed E-state index contributed by atoms with van der Waals surface area (Å²) in [4.78, 5) is 37.8. The van der Waals surface area contributed by atoms with Crippen molar-refractivity contribution < 1.29 is 28.6 Å². The summed E-state index contributed by atoms with van der Waals surface area (Å²) < 4.78 is 16.6. The lowest BCUT2D eigenvalue weighted by atomic mass is 10.1. The summed E-state index contributed by atoms with van der Waals surface area (Å²) in [5.41, 5.74) is 0. The Kier molecular flexibility index (Phi) is 43.7. The highest BCUT2D eigenvalue weighted by Crippen LogP contribution is 2.12. The van der Waals surface area contributed by atoms with Gasteiger partial charge in [-0.2, -0.15) is 0 Å². The minimum Gasteiger partial charge on any atom is -0.462 e. The van der Waals surface area contributed by atoms with E-state index in [1.165, 1.54) is 12.8 Å². The van der Waals surface area contributed by atoms with Crippen molar-refractivity contribution in [1.29, 1.82) is 0 Å². The molecule has 0 aromatic heterocycles. The standard InChI is InChI=1S/C54H82O6/c1-4-7-10-13-16-19-22-25-26-27-30-32-35-38-41-44-47-53(56)59-50-51(60-54(57)48-45-42-39-36-33-29-24-21-18-15-12-9-6-3)49-58-52(55)46-43-40-37-34-31-28-23-20-17-14-11-8-5-2/h7-12,14-21,23-26,29,33,36,39,51H,4-6,13,22,27-28,30-32,34-35,37-38,40-50H2,1-3H3/b10-7-,11-8-,12-9-,17-14-,18-15-,19-16-,23-20-,24-21-,26-25-,33-29-,39-36-. The summed E-state index contributed by atoms with van der Waals surface area (Å²) in [6.45, 7) is 6.12. The first-order valence-corrected chi connectivity index (χ1v) is 23.3. The molecule has 6 nitrogen and oxygen atoms in total. The van der Waals surface area contributed by atoms with Gasteiger partial charge in [-0.15, -0.1) is 0 Å². The molecule has 0 saturated heterocycles. The van der Waals surface area contributed by atoms with Crippen LogP contribution in [0.2, 0.25) is 0 Å². The van der Waals surface area contributed by atoms with Crippen LogP contribution >= 0.6 is 0 Å². The molecule has 0 radical (unpaired) electrons. The monoisotopic (exact) mass is 827 g/mol.